The van der Waals surface area contributed by atoms with Crippen molar-refractivity contribution in [1.82, 2.24) is 5.16 Å². The Bertz CT molecular complexity index is 747. The van der Waals surface area contributed by atoms with Crippen molar-refractivity contribution in [3.05, 3.63) is 41.8 Å². The smallest absolute Gasteiger partial charge is 0.358 e. The second-order valence-corrected chi connectivity index (χ2v) is 4.70. The molecule has 0 aliphatic heterocycles. The fourth-order valence-electron chi connectivity index (χ4n) is 1.64. The zero-order chi connectivity index (χ0) is 12.7. The first-order valence-electron chi connectivity index (χ1n) is 5.03. The third-order valence-corrected chi connectivity index (χ3v) is 3.64. The van der Waals surface area contributed by atoms with E-state index >= 15 is 0 Å². The fourth-order valence-corrected chi connectivity index (χ4v) is 2.65. The van der Waals surface area contributed by atoms with Crippen molar-refractivity contribution < 1.29 is 18.8 Å². The molecule has 0 aliphatic carbocycles. The van der Waals surface area contributed by atoms with Crippen molar-refractivity contribution in [2.24, 2.45) is 0 Å². The number of halogens is 1. The average molecular weight is 263 g/mol. The molecule has 2 heterocycles. The van der Waals surface area contributed by atoms with Crippen LogP contribution in [0.15, 0.2) is 34.9 Å². The summed E-state index contributed by atoms with van der Waals surface area (Å²) in [5.74, 6) is -1.13. The van der Waals surface area contributed by atoms with Gasteiger partial charge in [0.25, 0.3) is 0 Å². The van der Waals surface area contributed by atoms with Crippen LogP contribution in [0.3, 0.4) is 0 Å². The third-order valence-electron chi connectivity index (χ3n) is 2.47. The van der Waals surface area contributed by atoms with E-state index in [1.54, 1.807) is 18.2 Å². The Labute approximate surface area is 104 Å². The van der Waals surface area contributed by atoms with Crippen LogP contribution in [0.5, 0.6) is 0 Å². The van der Waals surface area contributed by atoms with E-state index in [4.69, 9.17) is 9.63 Å². The van der Waals surface area contributed by atoms with Gasteiger partial charge in [0.1, 0.15) is 5.82 Å². The summed E-state index contributed by atoms with van der Waals surface area (Å²) in [5.41, 5.74) is -0.164. The molecule has 6 heteroatoms. The van der Waals surface area contributed by atoms with Crippen LogP contribution in [0.4, 0.5) is 4.39 Å². The lowest BCUT2D eigenvalue weighted by molar-refractivity contribution is 0.0686. The second kappa shape index (κ2) is 3.92. The second-order valence-electron chi connectivity index (χ2n) is 3.65. The molecule has 0 unspecified atom stereocenters. The minimum Gasteiger partial charge on any atom is -0.476 e. The largest absolute Gasteiger partial charge is 0.476 e. The average Bonchev–Trinajstić information content (AvgIpc) is 2.95. The highest BCUT2D eigenvalue weighted by atomic mass is 32.1. The van der Waals surface area contributed by atoms with E-state index in [2.05, 4.69) is 5.16 Å². The number of carbonyl (C=O) groups is 1. The minimum absolute atomic E-state index is 0.164. The molecule has 2 aromatic heterocycles. The molecule has 0 amide bonds. The summed E-state index contributed by atoms with van der Waals surface area (Å²) in [7, 11) is 0. The van der Waals surface area contributed by atoms with Gasteiger partial charge in [-0.2, -0.15) is 0 Å². The van der Waals surface area contributed by atoms with Crippen molar-refractivity contribution >= 4 is 27.4 Å². The highest BCUT2D eigenvalue weighted by Crippen LogP contribution is 2.35. The summed E-state index contributed by atoms with van der Waals surface area (Å²) in [4.78, 5) is 11.3. The van der Waals surface area contributed by atoms with Crippen molar-refractivity contribution in [2.75, 3.05) is 0 Å². The van der Waals surface area contributed by atoms with Gasteiger partial charge in [0.2, 0.25) is 0 Å². The van der Waals surface area contributed by atoms with Crippen LogP contribution >= 0.6 is 11.3 Å². The molecule has 0 atom stereocenters. The molecule has 0 saturated carbocycles. The van der Waals surface area contributed by atoms with Gasteiger partial charge in [-0.3, -0.25) is 0 Å². The first kappa shape index (κ1) is 10.9. The van der Waals surface area contributed by atoms with Crippen LogP contribution in [0.1, 0.15) is 10.5 Å². The first-order chi connectivity index (χ1) is 8.65. The Morgan fingerprint density at radius 2 is 2.22 bits per heavy atom. The molecule has 0 aliphatic rings. The maximum atomic E-state index is 13.5. The maximum Gasteiger partial charge on any atom is 0.358 e. The Balaban J connectivity index is 2.13. The lowest BCUT2D eigenvalue weighted by Crippen LogP contribution is -1.94. The first-order valence-corrected chi connectivity index (χ1v) is 5.85. The molecule has 0 bridgehead atoms. The van der Waals surface area contributed by atoms with Gasteiger partial charge in [-0.15, -0.1) is 11.3 Å². The van der Waals surface area contributed by atoms with Gasteiger partial charge in [-0.1, -0.05) is 17.3 Å². The SMILES string of the molecule is O=C(O)c1cc(-c2cc3cccc(F)c3s2)on1. The van der Waals surface area contributed by atoms with E-state index in [1.807, 2.05) is 0 Å². The molecule has 1 aromatic carbocycles. The van der Waals surface area contributed by atoms with E-state index in [0.29, 0.717) is 15.3 Å². The normalized spacial score (nSPS) is 10.9. The van der Waals surface area contributed by atoms with E-state index < -0.39 is 5.97 Å². The fraction of sp³-hybridized carbons (Fsp3) is 0. The van der Waals surface area contributed by atoms with E-state index in [0.717, 1.165) is 5.39 Å². The Hall–Kier alpha value is -2.21. The number of benzene rings is 1. The van der Waals surface area contributed by atoms with Crippen molar-refractivity contribution in [1.29, 1.82) is 0 Å². The quantitative estimate of drug-likeness (QED) is 0.769. The van der Waals surface area contributed by atoms with Gasteiger partial charge < -0.3 is 9.63 Å². The molecule has 1 N–H and O–H groups in total. The van der Waals surface area contributed by atoms with Crippen LogP contribution in [0.2, 0.25) is 0 Å². The van der Waals surface area contributed by atoms with Gasteiger partial charge in [0.15, 0.2) is 11.5 Å². The predicted molar refractivity (Wildman–Crippen MR) is 64.2 cm³/mol. The van der Waals surface area contributed by atoms with Crippen LogP contribution < -0.4 is 0 Å². The number of hydrogen-bond donors (Lipinski definition) is 1. The zero-order valence-corrected chi connectivity index (χ0v) is 9.70. The van der Waals surface area contributed by atoms with E-state index in [-0.39, 0.29) is 11.5 Å². The number of carboxylic acids is 1. The standard InChI is InChI=1S/C12H6FNO3S/c13-7-3-1-2-6-4-10(18-11(6)7)9-5-8(12(15)16)14-17-9/h1-5H,(H,15,16). The van der Waals surface area contributed by atoms with Crippen LogP contribution in [0, 0.1) is 5.82 Å². The number of nitrogens with zero attached hydrogens (tertiary/aromatic N) is 1. The molecule has 18 heavy (non-hydrogen) atoms. The van der Waals surface area contributed by atoms with Crippen LogP contribution in [-0.4, -0.2) is 16.2 Å². The lowest BCUT2D eigenvalue weighted by atomic mass is 10.2. The van der Waals surface area contributed by atoms with Crippen molar-refractivity contribution in [2.45, 2.75) is 0 Å². The van der Waals surface area contributed by atoms with Gasteiger partial charge >= 0.3 is 5.97 Å². The number of fused-ring (bicyclic) bond motifs is 1. The van der Waals surface area contributed by atoms with Gasteiger partial charge in [0, 0.05) is 6.07 Å². The summed E-state index contributed by atoms with van der Waals surface area (Å²) in [6.07, 6.45) is 0. The van der Waals surface area contributed by atoms with Crippen molar-refractivity contribution in [3.63, 3.8) is 0 Å². The Morgan fingerprint density at radius 1 is 1.39 bits per heavy atom. The molecule has 3 aromatic rings. The topological polar surface area (TPSA) is 63.3 Å². The molecule has 3 rings (SSSR count). The molecule has 4 nitrogen and oxygen atoms in total. The molecule has 0 spiro atoms. The molecule has 90 valence electrons. The zero-order valence-electron chi connectivity index (χ0n) is 8.88. The molecular formula is C12H6FNO3S. The number of rotatable bonds is 2. The van der Waals surface area contributed by atoms with Gasteiger partial charge in [-0.05, 0) is 17.5 Å². The van der Waals surface area contributed by atoms with Crippen LogP contribution in [0.25, 0.3) is 20.7 Å². The van der Waals surface area contributed by atoms with Gasteiger partial charge in [-0.25, -0.2) is 9.18 Å². The van der Waals surface area contributed by atoms with E-state index in [1.165, 1.54) is 23.5 Å². The summed E-state index contributed by atoms with van der Waals surface area (Å²) in [6, 6.07) is 7.86. The summed E-state index contributed by atoms with van der Waals surface area (Å²) >= 11 is 1.20. The molecule has 0 saturated heterocycles. The number of aromatic nitrogens is 1. The van der Waals surface area contributed by atoms with Gasteiger partial charge in [0.05, 0.1) is 9.58 Å². The van der Waals surface area contributed by atoms with E-state index in [9.17, 15) is 9.18 Å². The minimum atomic E-state index is -1.16. The molecular weight excluding hydrogens is 257 g/mol. The Kier molecular flexibility index (Phi) is 2.38. The molecule has 0 fully saturated rings. The molecule has 0 radical (unpaired) electrons. The summed E-state index contributed by atoms with van der Waals surface area (Å²) < 4.78 is 19.0. The monoisotopic (exact) mass is 263 g/mol. The Morgan fingerprint density at radius 3 is 2.89 bits per heavy atom. The van der Waals surface area contributed by atoms with Crippen LogP contribution in [-0.2, 0) is 0 Å². The summed E-state index contributed by atoms with van der Waals surface area (Å²) in [6.45, 7) is 0. The van der Waals surface area contributed by atoms with Crippen molar-refractivity contribution in [3.8, 4) is 10.6 Å². The number of thiophene rings is 1. The predicted octanol–water partition coefficient (Wildman–Crippen LogP) is 3.39. The highest BCUT2D eigenvalue weighted by molar-refractivity contribution is 7.22. The maximum absolute atomic E-state index is 13.5. The third kappa shape index (κ3) is 1.67. The highest BCUT2D eigenvalue weighted by Gasteiger charge is 2.15. The number of carboxylic acid groups (broad SMARTS) is 1. The summed E-state index contributed by atoms with van der Waals surface area (Å²) in [5, 5.41) is 12.9. The number of hydrogen-bond acceptors (Lipinski definition) is 4. The number of aromatic carboxylic acids is 1. The lowest BCUT2D eigenvalue weighted by Gasteiger charge is -1.88.